The molecule has 2 rings (SSSR count). The molecule has 0 aliphatic carbocycles. The zero-order valence-electron chi connectivity index (χ0n) is 10.9. The second kappa shape index (κ2) is 6.18. The highest BCUT2D eigenvalue weighted by Gasteiger charge is 2.21. The molecule has 1 saturated heterocycles. The number of rotatable bonds is 4. The zero-order chi connectivity index (χ0) is 13.0. The van der Waals surface area contributed by atoms with Crippen molar-refractivity contribution < 1.29 is 4.74 Å². The largest absolute Gasteiger partial charge is 0.467 e. The Kier molecular flexibility index (Phi) is 4.58. The zero-order valence-corrected chi connectivity index (χ0v) is 11.7. The first-order valence-corrected chi connectivity index (χ1v) is 6.81. The van der Waals surface area contributed by atoms with Crippen molar-refractivity contribution in [2.24, 2.45) is 5.92 Å². The van der Waals surface area contributed by atoms with Gasteiger partial charge in [0.2, 0.25) is 11.2 Å². The minimum absolute atomic E-state index is 0.188. The van der Waals surface area contributed by atoms with Gasteiger partial charge in [-0.3, -0.25) is 0 Å². The van der Waals surface area contributed by atoms with Gasteiger partial charge in [0.15, 0.2) is 0 Å². The minimum Gasteiger partial charge on any atom is -0.467 e. The summed E-state index contributed by atoms with van der Waals surface area (Å²) in [6.45, 7) is 4.20. The molecular weight excluding hydrogens is 252 g/mol. The summed E-state index contributed by atoms with van der Waals surface area (Å²) in [6, 6.07) is 0.278. The third kappa shape index (κ3) is 3.22. The number of methoxy groups -OCH3 is 1. The maximum absolute atomic E-state index is 5.86. The number of nitrogens with zero attached hydrogens (tertiary/aromatic N) is 4. The van der Waals surface area contributed by atoms with Gasteiger partial charge in [0, 0.05) is 13.1 Å². The lowest BCUT2D eigenvalue weighted by atomic mass is 9.93. The van der Waals surface area contributed by atoms with Gasteiger partial charge in [-0.05, 0) is 30.4 Å². The van der Waals surface area contributed by atoms with Crippen LogP contribution in [0.25, 0.3) is 0 Å². The van der Waals surface area contributed by atoms with Gasteiger partial charge in [-0.1, -0.05) is 19.8 Å². The molecule has 100 valence electrons. The van der Waals surface area contributed by atoms with Crippen LogP contribution in [0, 0.1) is 5.92 Å². The van der Waals surface area contributed by atoms with E-state index in [1.54, 1.807) is 0 Å². The molecule has 0 saturated carbocycles. The van der Waals surface area contributed by atoms with E-state index < -0.39 is 0 Å². The monoisotopic (exact) mass is 270 g/mol. The molecule has 1 aliphatic heterocycles. The van der Waals surface area contributed by atoms with Gasteiger partial charge in [0.25, 0.3) is 0 Å². The van der Waals surface area contributed by atoms with Crippen LogP contribution in [0.15, 0.2) is 0 Å². The molecule has 1 fully saturated rings. The molecule has 0 bridgehead atoms. The van der Waals surface area contributed by atoms with Crippen LogP contribution >= 0.6 is 11.6 Å². The van der Waals surface area contributed by atoms with E-state index in [1.165, 1.54) is 32.8 Å². The summed E-state index contributed by atoms with van der Waals surface area (Å²) in [4.78, 5) is 14.5. The molecule has 6 heteroatoms. The molecule has 0 unspecified atom stereocenters. The molecule has 0 spiro atoms. The molecule has 1 aromatic heterocycles. The van der Waals surface area contributed by atoms with Crippen molar-refractivity contribution in [3.8, 4) is 6.01 Å². The SMILES string of the molecule is CCCC1CCN(c2nc(Cl)nc(OC)n2)CC1. The Morgan fingerprint density at radius 1 is 1.28 bits per heavy atom. The minimum atomic E-state index is 0.188. The third-order valence-electron chi connectivity index (χ3n) is 3.35. The van der Waals surface area contributed by atoms with Crippen LogP contribution in [0.4, 0.5) is 5.95 Å². The molecule has 0 N–H and O–H groups in total. The van der Waals surface area contributed by atoms with Crippen molar-refractivity contribution in [2.75, 3.05) is 25.1 Å². The molecule has 0 radical (unpaired) electrons. The van der Waals surface area contributed by atoms with Crippen LogP contribution in [-0.2, 0) is 0 Å². The van der Waals surface area contributed by atoms with E-state index in [0.717, 1.165) is 19.0 Å². The van der Waals surface area contributed by atoms with Crippen LogP contribution < -0.4 is 9.64 Å². The first-order valence-electron chi connectivity index (χ1n) is 6.43. The predicted octanol–water partition coefficient (Wildman–Crippen LogP) is 2.55. The Bertz CT molecular complexity index is 394. The van der Waals surface area contributed by atoms with Gasteiger partial charge in [-0.15, -0.1) is 0 Å². The lowest BCUT2D eigenvalue weighted by Crippen LogP contribution is -2.35. The summed E-state index contributed by atoms with van der Waals surface area (Å²) in [7, 11) is 1.53. The number of hydrogen-bond donors (Lipinski definition) is 0. The fourth-order valence-electron chi connectivity index (χ4n) is 2.38. The van der Waals surface area contributed by atoms with E-state index in [2.05, 4.69) is 26.8 Å². The first-order chi connectivity index (χ1) is 8.72. The number of halogens is 1. The molecule has 1 aliphatic rings. The molecule has 18 heavy (non-hydrogen) atoms. The van der Waals surface area contributed by atoms with Gasteiger partial charge in [0.05, 0.1) is 7.11 Å². The van der Waals surface area contributed by atoms with E-state index >= 15 is 0 Å². The molecular formula is C12H19ClN4O. The van der Waals surface area contributed by atoms with Gasteiger partial charge in [-0.25, -0.2) is 0 Å². The maximum atomic E-state index is 5.86. The van der Waals surface area contributed by atoms with E-state index in [4.69, 9.17) is 16.3 Å². The van der Waals surface area contributed by atoms with Gasteiger partial charge in [-0.2, -0.15) is 15.0 Å². The summed E-state index contributed by atoms with van der Waals surface area (Å²) in [5.74, 6) is 1.47. The molecule has 0 aromatic carbocycles. The van der Waals surface area contributed by atoms with E-state index in [1.807, 2.05) is 0 Å². The molecule has 0 amide bonds. The topological polar surface area (TPSA) is 51.1 Å². The Morgan fingerprint density at radius 3 is 2.61 bits per heavy atom. The summed E-state index contributed by atoms with van der Waals surface area (Å²) < 4.78 is 5.01. The smallest absolute Gasteiger partial charge is 0.322 e. The third-order valence-corrected chi connectivity index (χ3v) is 3.52. The quantitative estimate of drug-likeness (QED) is 0.842. The Hall–Kier alpha value is -1.10. The molecule has 0 atom stereocenters. The van der Waals surface area contributed by atoms with Crippen molar-refractivity contribution in [1.29, 1.82) is 0 Å². The van der Waals surface area contributed by atoms with Gasteiger partial charge < -0.3 is 9.64 Å². The number of piperidine rings is 1. The van der Waals surface area contributed by atoms with Crippen LogP contribution in [-0.4, -0.2) is 35.2 Å². The second-order valence-corrected chi connectivity index (χ2v) is 4.95. The summed E-state index contributed by atoms with van der Waals surface area (Å²) in [5.41, 5.74) is 0. The van der Waals surface area contributed by atoms with Crippen molar-refractivity contribution in [2.45, 2.75) is 32.6 Å². The van der Waals surface area contributed by atoms with Crippen LogP contribution in [0.2, 0.25) is 5.28 Å². The van der Waals surface area contributed by atoms with Crippen molar-refractivity contribution in [1.82, 2.24) is 15.0 Å². The summed E-state index contributed by atoms with van der Waals surface area (Å²) in [5, 5.41) is 0.188. The second-order valence-electron chi connectivity index (χ2n) is 4.61. The average Bonchev–Trinajstić information content (AvgIpc) is 2.39. The lowest BCUT2D eigenvalue weighted by molar-refractivity contribution is 0.365. The molecule has 5 nitrogen and oxygen atoms in total. The average molecular weight is 271 g/mol. The highest BCUT2D eigenvalue weighted by molar-refractivity contribution is 6.28. The number of hydrogen-bond acceptors (Lipinski definition) is 5. The van der Waals surface area contributed by atoms with Crippen molar-refractivity contribution in [3.63, 3.8) is 0 Å². The lowest BCUT2D eigenvalue weighted by Gasteiger charge is -2.31. The standard InChI is InChI=1S/C12H19ClN4O/c1-3-4-9-5-7-17(8-6-9)11-14-10(13)15-12(16-11)18-2/h9H,3-8H2,1-2H3. The summed E-state index contributed by atoms with van der Waals surface area (Å²) >= 11 is 5.86. The van der Waals surface area contributed by atoms with Crippen LogP contribution in [0.1, 0.15) is 32.6 Å². The number of aromatic nitrogens is 3. The fraction of sp³-hybridized carbons (Fsp3) is 0.750. The summed E-state index contributed by atoms with van der Waals surface area (Å²) in [6.07, 6.45) is 4.96. The number of ether oxygens (including phenoxy) is 1. The van der Waals surface area contributed by atoms with Crippen LogP contribution in [0.5, 0.6) is 6.01 Å². The van der Waals surface area contributed by atoms with E-state index in [-0.39, 0.29) is 11.3 Å². The highest BCUT2D eigenvalue weighted by atomic mass is 35.5. The Labute approximate surface area is 113 Å². The Morgan fingerprint density at radius 2 is 2.00 bits per heavy atom. The normalized spacial score (nSPS) is 16.9. The number of anilines is 1. The van der Waals surface area contributed by atoms with Crippen molar-refractivity contribution >= 4 is 17.5 Å². The predicted molar refractivity (Wildman–Crippen MR) is 71.2 cm³/mol. The van der Waals surface area contributed by atoms with Gasteiger partial charge >= 0.3 is 6.01 Å². The van der Waals surface area contributed by atoms with Crippen molar-refractivity contribution in [3.05, 3.63) is 5.28 Å². The molecule has 1 aromatic rings. The first kappa shape index (κ1) is 13.3. The molecule has 2 heterocycles. The van der Waals surface area contributed by atoms with Crippen LogP contribution in [0.3, 0.4) is 0 Å². The fourth-order valence-corrected chi connectivity index (χ4v) is 2.53. The maximum Gasteiger partial charge on any atom is 0.322 e. The van der Waals surface area contributed by atoms with E-state index in [9.17, 15) is 0 Å². The highest BCUT2D eigenvalue weighted by Crippen LogP contribution is 2.25. The Balaban J connectivity index is 2.02. The van der Waals surface area contributed by atoms with Gasteiger partial charge in [0.1, 0.15) is 0 Å². The van der Waals surface area contributed by atoms with E-state index in [0.29, 0.717) is 5.95 Å².